The molecule has 2 aliphatic rings. The van der Waals surface area contributed by atoms with E-state index in [9.17, 15) is 0 Å². The summed E-state index contributed by atoms with van der Waals surface area (Å²) in [6.07, 6.45) is 2.92. The van der Waals surface area contributed by atoms with Gasteiger partial charge in [0.2, 0.25) is 0 Å². The van der Waals surface area contributed by atoms with Crippen molar-refractivity contribution in [2.24, 2.45) is 0 Å². The lowest BCUT2D eigenvalue weighted by atomic mass is 10.1. The van der Waals surface area contributed by atoms with Crippen molar-refractivity contribution in [1.29, 1.82) is 0 Å². The van der Waals surface area contributed by atoms with Gasteiger partial charge in [0.15, 0.2) is 0 Å². The Morgan fingerprint density at radius 3 is 2.78 bits per heavy atom. The maximum Gasteiger partial charge on any atom is 0.129 e. The molecule has 23 heavy (non-hydrogen) atoms. The zero-order valence-electron chi connectivity index (χ0n) is 13.9. The monoisotopic (exact) mass is 311 g/mol. The van der Waals surface area contributed by atoms with E-state index < -0.39 is 0 Å². The van der Waals surface area contributed by atoms with Crippen molar-refractivity contribution in [2.45, 2.75) is 25.9 Å². The molecule has 1 unspecified atom stereocenters. The second-order valence-electron chi connectivity index (χ2n) is 6.74. The molecule has 4 heteroatoms. The number of anilines is 1. The first-order valence-electron chi connectivity index (χ1n) is 8.75. The Hall–Kier alpha value is -1.65. The van der Waals surface area contributed by atoms with E-state index in [1.807, 2.05) is 0 Å². The van der Waals surface area contributed by atoms with E-state index in [1.54, 1.807) is 0 Å². The molecule has 0 bridgehead atoms. The molecule has 0 radical (unpaired) electrons. The number of piperazine rings is 1. The second-order valence-corrected chi connectivity index (χ2v) is 6.74. The summed E-state index contributed by atoms with van der Waals surface area (Å²) in [5, 5.41) is 1.26. The van der Waals surface area contributed by atoms with Crippen molar-refractivity contribution in [3.05, 3.63) is 35.9 Å². The zero-order chi connectivity index (χ0) is 15.6. The Bertz CT molecular complexity index is 673. The summed E-state index contributed by atoms with van der Waals surface area (Å²) in [6.45, 7) is 8.54. The molecule has 1 aromatic heterocycles. The maximum absolute atomic E-state index is 5.76. The smallest absolute Gasteiger partial charge is 0.129 e. The highest BCUT2D eigenvalue weighted by Crippen LogP contribution is 2.23. The summed E-state index contributed by atoms with van der Waals surface area (Å²) in [6, 6.07) is 10.7. The highest BCUT2D eigenvalue weighted by molar-refractivity contribution is 5.83. The van der Waals surface area contributed by atoms with Crippen LogP contribution in [0.5, 0.6) is 0 Å². The summed E-state index contributed by atoms with van der Waals surface area (Å²) < 4.78 is 5.76. The molecule has 4 nitrogen and oxygen atoms in total. The number of nitrogens with zero attached hydrogens (tertiary/aromatic N) is 3. The van der Waals surface area contributed by atoms with Crippen molar-refractivity contribution in [2.75, 3.05) is 44.2 Å². The predicted molar refractivity (Wildman–Crippen MR) is 94.1 cm³/mol. The standard InChI is InChI=1S/C19H25N3O/c1-15-13-19(20-18-7-3-2-6-17(15)18)22-10-8-21(9-11-22)14-16-5-4-12-23-16/h2-3,6-7,13,16H,4-5,8-12,14H2,1H3. The average Bonchev–Trinajstić information content (AvgIpc) is 3.08. The van der Waals surface area contributed by atoms with Gasteiger partial charge in [0.25, 0.3) is 0 Å². The summed E-state index contributed by atoms with van der Waals surface area (Å²) in [7, 11) is 0. The highest BCUT2D eigenvalue weighted by Gasteiger charge is 2.23. The summed E-state index contributed by atoms with van der Waals surface area (Å²) in [4.78, 5) is 9.83. The summed E-state index contributed by atoms with van der Waals surface area (Å²) in [5.41, 5.74) is 2.41. The van der Waals surface area contributed by atoms with Crippen LogP contribution in [0.25, 0.3) is 10.9 Å². The largest absolute Gasteiger partial charge is 0.377 e. The van der Waals surface area contributed by atoms with Gasteiger partial charge >= 0.3 is 0 Å². The van der Waals surface area contributed by atoms with Crippen LogP contribution in [0.3, 0.4) is 0 Å². The van der Waals surface area contributed by atoms with Gasteiger partial charge in [-0.3, -0.25) is 4.90 Å². The third kappa shape index (κ3) is 3.19. The number of fused-ring (bicyclic) bond motifs is 1. The lowest BCUT2D eigenvalue weighted by Crippen LogP contribution is -2.48. The van der Waals surface area contributed by atoms with Crippen LogP contribution < -0.4 is 4.90 Å². The van der Waals surface area contributed by atoms with E-state index in [0.29, 0.717) is 6.10 Å². The number of aryl methyl sites for hydroxylation is 1. The third-order valence-electron chi connectivity index (χ3n) is 5.09. The van der Waals surface area contributed by atoms with Crippen LogP contribution in [-0.4, -0.2) is 55.3 Å². The number of ether oxygens (including phenoxy) is 1. The molecule has 0 aliphatic carbocycles. The van der Waals surface area contributed by atoms with Gasteiger partial charge in [-0.1, -0.05) is 18.2 Å². The van der Waals surface area contributed by atoms with Crippen LogP contribution in [0.4, 0.5) is 5.82 Å². The molecule has 0 amide bonds. The van der Waals surface area contributed by atoms with Gasteiger partial charge < -0.3 is 9.64 Å². The molecule has 0 saturated carbocycles. The minimum Gasteiger partial charge on any atom is -0.377 e. The van der Waals surface area contributed by atoms with Crippen LogP contribution in [0.1, 0.15) is 18.4 Å². The molecule has 3 heterocycles. The van der Waals surface area contributed by atoms with Crippen molar-refractivity contribution < 1.29 is 4.74 Å². The minimum absolute atomic E-state index is 0.461. The SMILES string of the molecule is Cc1cc(N2CCN(CC3CCCO3)CC2)nc2ccccc12. The second kappa shape index (κ2) is 6.46. The molecule has 2 fully saturated rings. The van der Waals surface area contributed by atoms with Crippen LogP contribution in [0.2, 0.25) is 0 Å². The Morgan fingerprint density at radius 1 is 1.17 bits per heavy atom. The fourth-order valence-electron chi connectivity index (χ4n) is 3.73. The van der Waals surface area contributed by atoms with Gasteiger partial charge in [-0.15, -0.1) is 0 Å². The first kappa shape index (κ1) is 14.9. The number of pyridine rings is 1. The molecular formula is C19H25N3O. The van der Waals surface area contributed by atoms with Gasteiger partial charge in [0, 0.05) is 44.7 Å². The van der Waals surface area contributed by atoms with E-state index in [2.05, 4.69) is 47.1 Å². The van der Waals surface area contributed by atoms with Crippen molar-refractivity contribution in [1.82, 2.24) is 9.88 Å². The summed E-state index contributed by atoms with van der Waals surface area (Å²) in [5.74, 6) is 1.12. The molecule has 2 aromatic rings. The van der Waals surface area contributed by atoms with Crippen LogP contribution in [0, 0.1) is 6.92 Å². The number of hydrogen-bond donors (Lipinski definition) is 0. The van der Waals surface area contributed by atoms with Crippen molar-refractivity contribution >= 4 is 16.7 Å². The number of rotatable bonds is 3. The molecule has 0 spiro atoms. The fourth-order valence-corrected chi connectivity index (χ4v) is 3.73. The normalized spacial score (nSPS) is 22.8. The minimum atomic E-state index is 0.461. The number of hydrogen-bond acceptors (Lipinski definition) is 4. The first-order valence-corrected chi connectivity index (χ1v) is 8.75. The van der Waals surface area contributed by atoms with Gasteiger partial charge in [0.05, 0.1) is 11.6 Å². The van der Waals surface area contributed by atoms with E-state index in [1.165, 1.54) is 23.8 Å². The van der Waals surface area contributed by atoms with Crippen molar-refractivity contribution in [3.63, 3.8) is 0 Å². The van der Waals surface area contributed by atoms with E-state index >= 15 is 0 Å². The molecule has 122 valence electrons. The molecule has 0 N–H and O–H groups in total. The predicted octanol–water partition coefficient (Wildman–Crippen LogP) is 2.84. The van der Waals surface area contributed by atoms with E-state index in [0.717, 1.165) is 50.7 Å². The molecule has 4 rings (SSSR count). The molecule has 2 saturated heterocycles. The van der Waals surface area contributed by atoms with Gasteiger partial charge in [-0.2, -0.15) is 0 Å². The highest BCUT2D eigenvalue weighted by atomic mass is 16.5. The van der Waals surface area contributed by atoms with Crippen LogP contribution in [0.15, 0.2) is 30.3 Å². The Labute approximate surface area is 138 Å². The third-order valence-corrected chi connectivity index (χ3v) is 5.09. The van der Waals surface area contributed by atoms with Gasteiger partial charge in [-0.05, 0) is 37.5 Å². The lowest BCUT2D eigenvalue weighted by molar-refractivity contribution is 0.0712. The fraction of sp³-hybridized carbons (Fsp3) is 0.526. The van der Waals surface area contributed by atoms with Crippen molar-refractivity contribution in [3.8, 4) is 0 Å². The van der Waals surface area contributed by atoms with Gasteiger partial charge in [0.1, 0.15) is 5.82 Å². The van der Waals surface area contributed by atoms with E-state index in [4.69, 9.17) is 9.72 Å². The topological polar surface area (TPSA) is 28.6 Å². The molecular weight excluding hydrogens is 286 g/mol. The van der Waals surface area contributed by atoms with Crippen LogP contribution >= 0.6 is 0 Å². The number of benzene rings is 1. The van der Waals surface area contributed by atoms with Gasteiger partial charge in [-0.25, -0.2) is 4.98 Å². The van der Waals surface area contributed by atoms with Crippen LogP contribution in [-0.2, 0) is 4.74 Å². The lowest BCUT2D eigenvalue weighted by Gasteiger charge is -2.36. The molecule has 2 aliphatic heterocycles. The Kier molecular flexibility index (Phi) is 4.19. The molecule has 1 atom stereocenters. The average molecular weight is 311 g/mol. The first-order chi connectivity index (χ1) is 11.3. The Balaban J connectivity index is 1.43. The number of aromatic nitrogens is 1. The zero-order valence-corrected chi connectivity index (χ0v) is 13.9. The maximum atomic E-state index is 5.76. The van der Waals surface area contributed by atoms with E-state index in [-0.39, 0.29) is 0 Å². The summed E-state index contributed by atoms with van der Waals surface area (Å²) >= 11 is 0. The Morgan fingerprint density at radius 2 is 2.00 bits per heavy atom. The number of para-hydroxylation sites is 1. The molecule has 1 aromatic carbocycles. The quantitative estimate of drug-likeness (QED) is 0.871.